The molecule has 0 aliphatic carbocycles. The Balaban J connectivity index is 1.52. The molecule has 4 nitrogen and oxygen atoms in total. The first-order valence-electron chi connectivity index (χ1n) is 10.8. The quantitative estimate of drug-likeness (QED) is 0.171. The number of benzene rings is 3. The van der Waals surface area contributed by atoms with E-state index in [0.29, 0.717) is 6.42 Å². The van der Waals surface area contributed by atoms with Gasteiger partial charge in [0, 0.05) is 21.8 Å². The standard InChI is InChI=1S/C27H27NO3S2/c1-22-12-18-27(19-13-22)33(29,30)31-21-6-5-8-23(9-7-20-28)24-14-16-26(17-15-24)32-25-10-3-2-4-11-25/h2-4,7,9-19,23H,5-6,8,21H2,1H3/b9-7+/t23-/m0/s1. The largest absolute Gasteiger partial charge is 0.296 e. The molecule has 1 atom stereocenters. The lowest BCUT2D eigenvalue weighted by atomic mass is 9.93. The predicted octanol–water partition coefficient (Wildman–Crippen LogP) is 6.89. The molecule has 0 bridgehead atoms. The van der Waals surface area contributed by atoms with Crippen LogP contribution in [0.4, 0.5) is 0 Å². The zero-order valence-corrected chi connectivity index (χ0v) is 20.2. The van der Waals surface area contributed by atoms with Gasteiger partial charge in [-0.25, -0.2) is 0 Å². The highest BCUT2D eigenvalue weighted by molar-refractivity contribution is 7.99. The van der Waals surface area contributed by atoms with E-state index in [2.05, 4.69) is 42.5 Å². The van der Waals surface area contributed by atoms with Gasteiger partial charge in [-0.05, 0) is 61.7 Å². The number of hydrogen-bond donors (Lipinski definition) is 0. The van der Waals surface area contributed by atoms with Crippen LogP contribution in [-0.2, 0) is 14.3 Å². The zero-order valence-electron chi connectivity index (χ0n) is 18.6. The third-order valence-corrected chi connectivity index (χ3v) is 7.49. The molecule has 0 N–H and O–H groups in total. The van der Waals surface area contributed by atoms with E-state index < -0.39 is 10.1 Å². The van der Waals surface area contributed by atoms with Gasteiger partial charge in [0.1, 0.15) is 0 Å². The minimum Gasteiger partial charge on any atom is -0.266 e. The fourth-order valence-electron chi connectivity index (χ4n) is 3.35. The number of unbranched alkanes of at least 4 members (excludes halogenated alkanes) is 1. The Kier molecular flexibility index (Phi) is 9.32. The normalized spacial score (nSPS) is 12.5. The van der Waals surface area contributed by atoms with Gasteiger partial charge in [-0.15, -0.1) is 0 Å². The molecular formula is C27H27NO3S2. The van der Waals surface area contributed by atoms with Crippen molar-refractivity contribution in [3.8, 4) is 6.07 Å². The molecule has 0 aromatic heterocycles. The summed E-state index contributed by atoms with van der Waals surface area (Å²) in [5.41, 5.74) is 2.13. The second-order valence-electron chi connectivity index (χ2n) is 7.66. The minimum atomic E-state index is -3.73. The van der Waals surface area contributed by atoms with Gasteiger partial charge in [-0.2, -0.15) is 13.7 Å². The maximum absolute atomic E-state index is 12.3. The summed E-state index contributed by atoms with van der Waals surface area (Å²) in [5, 5.41) is 8.97. The molecule has 6 heteroatoms. The summed E-state index contributed by atoms with van der Waals surface area (Å²) in [4.78, 5) is 2.52. The minimum absolute atomic E-state index is 0.0918. The molecule has 3 aromatic rings. The smallest absolute Gasteiger partial charge is 0.266 e. The molecule has 0 heterocycles. The molecule has 0 aliphatic heterocycles. The Morgan fingerprint density at radius 2 is 1.61 bits per heavy atom. The Bertz CT molecular complexity index is 1180. The van der Waals surface area contributed by atoms with Gasteiger partial charge in [0.25, 0.3) is 10.1 Å². The van der Waals surface area contributed by atoms with E-state index in [1.807, 2.05) is 31.2 Å². The van der Waals surface area contributed by atoms with E-state index >= 15 is 0 Å². The highest BCUT2D eigenvalue weighted by Gasteiger charge is 2.15. The van der Waals surface area contributed by atoms with Crippen molar-refractivity contribution >= 4 is 21.9 Å². The van der Waals surface area contributed by atoms with E-state index in [9.17, 15) is 8.42 Å². The fraction of sp³-hybridized carbons (Fsp3) is 0.222. The summed E-state index contributed by atoms with van der Waals surface area (Å²) in [6.07, 6.45) is 5.62. The van der Waals surface area contributed by atoms with Crippen molar-refractivity contribution in [2.24, 2.45) is 0 Å². The van der Waals surface area contributed by atoms with Gasteiger partial charge in [0.05, 0.1) is 17.6 Å². The highest BCUT2D eigenvalue weighted by Crippen LogP contribution is 2.30. The molecule has 170 valence electrons. The Morgan fingerprint density at radius 1 is 0.939 bits per heavy atom. The van der Waals surface area contributed by atoms with Crippen LogP contribution in [0.25, 0.3) is 0 Å². The monoisotopic (exact) mass is 477 g/mol. The number of allylic oxidation sites excluding steroid dienone is 2. The van der Waals surface area contributed by atoms with E-state index in [1.165, 1.54) is 11.0 Å². The van der Waals surface area contributed by atoms with E-state index in [1.54, 1.807) is 36.0 Å². The van der Waals surface area contributed by atoms with Gasteiger partial charge in [0.15, 0.2) is 0 Å². The Hall–Kier alpha value is -2.85. The maximum atomic E-state index is 12.3. The summed E-state index contributed by atoms with van der Waals surface area (Å²) in [5.74, 6) is 0.0918. The summed E-state index contributed by atoms with van der Waals surface area (Å²) in [6, 6.07) is 27.3. The predicted molar refractivity (Wildman–Crippen MR) is 133 cm³/mol. The van der Waals surface area contributed by atoms with Gasteiger partial charge < -0.3 is 0 Å². The molecule has 0 saturated carbocycles. The van der Waals surface area contributed by atoms with Gasteiger partial charge in [0.2, 0.25) is 0 Å². The zero-order chi connectivity index (χ0) is 23.5. The van der Waals surface area contributed by atoms with Crippen LogP contribution >= 0.6 is 11.8 Å². The average Bonchev–Trinajstić information content (AvgIpc) is 2.82. The molecule has 0 saturated heterocycles. The molecule has 0 spiro atoms. The molecule has 3 rings (SSSR count). The fourth-order valence-corrected chi connectivity index (χ4v) is 5.13. The number of hydrogen-bond acceptors (Lipinski definition) is 5. The van der Waals surface area contributed by atoms with Crippen LogP contribution in [0.1, 0.15) is 36.3 Å². The topological polar surface area (TPSA) is 67.2 Å². The Morgan fingerprint density at radius 3 is 2.27 bits per heavy atom. The van der Waals surface area contributed by atoms with Crippen molar-refractivity contribution in [1.82, 2.24) is 0 Å². The molecule has 0 aliphatic rings. The lowest BCUT2D eigenvalue weighted by molar-refractivity contribution is 0.306. The first kappa shape index (κ1) is 24.8. The SMILES string of the molecule is Cc1ccc(S(=O)(=O)OCCCC[C@@H](/C=C/C#N)c2ccc(Sc3ccccc3)cc2)cc1. The van der Waals surface area contributed by atoms with Crippen LogP contribution < -0.4 is 0 Å². The molecule has 0 fully saturated rings. The van der Waals surface area contributed by atoms with Crippen LogP contribution in [-0.4, -0.2) is 15.0 Å². The van der Waals surface area contributed by atoms with Gasteiger partial charge in [-0.1, -0.05) is 72.3 Å². The van der Waals surface area contributed by atoms with Crippen LogP contribution in [0.3, 0.4) is 0 Å². The molecule has 33 heavy (non-hydrogen) atoms. The lowest BCUT2D eigenvalue weighted by Crippen LogP contribution is -2.08. The van der Waals surface area contributed by atoms with Crippen molar-refractivity contribution in [1.29, 1.82) is 5.26 Å². The number of nitrogens with zero attached hydrogens (tertiary/aromatic N) is 1. The summed E-state index contributed by atoms with van der Waals surface area (Å²) >= 11 is 1.71. The summed E-state index contributed by atoms with van der Waals surface area (Å²) in [7, 11) is -3.73. The van der Waals surface area contributed by atoms with Crippen molar-refractivity contribution in [2.45, 2.75) is 46.8 Å². The molecule has 3 aromatic carbocycles. The third kappa shape index (κ3) is 7.90. The first-order valence-corrected chi connectivity index (χ1v) is 13.1. The van der Waals surface area contributed by atoms with Crippen molar-refractivity contribution in [3.63, 3.8) is 0 Å². The average molecular weight is 478 g/mol. The summed E-state index contributed by atoms with van der Waals surface area (Å²) < 4.78 is 29.8. The van der Waals surface area contributed by atoms with Crippen LogP contribution in [0.5, 0.6) is 0 Å². The maximum Gasteiger partial charge on any atom is 0.296 e. The Labute approximate surface area is 201 Å². The second kappa shape index (κ2) is 12.4. The van der Waals surface area contributed by atoms with Gasteiger partial charge in [-0.3, -0.25) is 4.18 Å². The lowest BCUT2D eigenvalue weighted by Gasteiger charge is -2.14. The summed E-state index contributed by atoms with van der Waals surface area (Å²) in [6.45, 7) is 2.04. The van der Waals surface area contributed by atoms with Crippen LogP contribution in [0, 0.1) is 18.3 Å². The van der Waals surface area contributed by atoms with E-state index in [0.717, 1.165) is 28.9 Å². The molecule has 0 radical (unpaired) electrons. The highest BCUT2D eigenvalue weighted by atomic mass is 32.2. The number of rotatable bonds is 11. The number of aryl methyl sites for hydroxylation is 1. The molecule has 0 unspecified atom stereocenters. The number of nitriles is 1. The van der Waals surface area contributed by atoms with Crippen molar-refractivity contribution in [3.05, 3.63) is 102 Å². The van der Waals surface area contributed by atoms with Crippen LogP contribution in [0.2, 0.25) is 0 Å². The first-order chi connectivity index (χ1) is 16.0. The second-order valence-corrected chi connectivity index (χ2v) is 10.4. The van der Waals surface area contributed by atoms with Gasteiger partial charge >= 0.3 is 0 Å². The van der Waals surface area contributed by atoms with Crippen molar-refractivity contribution < 1.29 is 12.6 Å². The van der Waals surface area contributed by atoms with Crippen LogP contribution in [0.15, 0.2) is 106 Å². The van der Waals surface area contributed by atoms with E-state index in [-0.39, 0.29) is 17.4 Å². The third-order valence-electron chi connectivity index (χ3n) is 5.15. The van der Waals surface area contributed by atoms with Crippen molar-refractivity contribution in [2.75, 3.05) is 6.61 Å². The van der Waals surface area contributed by atoms with E-state index in [4.69, 9.17) is 9.44 Å². The molecular weight excluding hydrogens is 450 g/mol. The molecule has 0 amide bonds.